The van der Waals surface area contributed by atoms with Gasteiger partial charge in [-0.05, 0) is 13.0 Å². The number of aromatic nitrogens is 2. The molecule has 5 nitrogen and oxygen atoms in total. The number of hydrogen-bond donors (Lipinski definition) is 2. The Morgan fingerprint density at radius 2 is 2.37 bits per heavy atom. The fraction of sp³-hybridized carbons (Fsp3) is 0.250. The summed E-state index contributed by atoms with van der Waals surface area (Å²) in [5, 5.41) is 15.2. The van der Waals surface area contributed by atoms with E-state index in [2.05, 4.69) is 15.3 Å². The molecule has 0 aromatic carbocycles. The van der Waals surface area contributed by atoms with Crippen LogP contribution in [0, 0.1) is 6.92 Å². The number of nitrogens with one attached hydrogen (secondary N) is 1. The Bertz CT molecular complexity index is 600. The molecule has 2 aromatic heterocycles. The maximum Gasteiger partial charge on any atom is 0.337 e. The largest absolute Gasteiger partial charge is 0.478 e. The van der Waals surface area contributed by atoms with Gasteiger partial charge in [0.1, 0.15) is 5.82 Å². The van der Waals surface area contributed by atoms with Crippen molar-refractivity contribution in [2.24, 2.45) is 0 Å². The number of rotatable bonds is 5. The molecule has 0 fully saturated rings. The van der Waals surface area contributed by atoms with Crippen LogP contribution in [0.3, 0.4) is 0 Å². The summed E-state index contributed by atoms with van der Waals surface area (Å²) in [6.45, 7) is 2.60. The van der Waals surface area contributed by atoms with E-state index in [0.717, 1.165) is 17.1 Å². The van der Waals surface area contributed by atoms with E-state index >= 15 is 0 Å². The van der Waals surface area contributed by atoms with Crippen LogP contribution in [-0.4, -0.2) is 27.6 Å². The van der Waals surface area contributed by atoms with E-state index in [1.807, 2.05) is 12.3 Å². The summed E-state index contributed by atoms with van der Waals surface area (Å²) in [7, 11) is 0. The molecule has 0 unspecified atom stereocenters. The number of carbonyl (C=O) groups is 1. The number of anilines is 1. The molecule has 2 N–H and O–H groups in total. The van der Waals surface area contributed by atoms with E-state index < -0.39 is 5.97 Å². The molecule has 0 saturated carbocycles. The summed E-state index contributed by atoms with van der Waals surface area (Å²) in [4.78, 5) is 19.1. The minimum Gasteiger partial charge on any atom is -0.478 e. The SMILES string of the molecule is Cc1nc(CCNc2ncc(C(=O)O)cc2Cl)cs1. The van der Waals surface area contributed by atoms with Gasteiger partial charge in [0.05, 0.1) is 21.3 Å². The standard InChI is InChI=1S/C12H12ClN3O2S/c1-7-16-9(6-19-7)2-3-14-11-10(13)4-8(5-15-11)12(17)18/h4-6H,2-3H2,1H3,(H,14,15)(H,17,18). The number of carboxylic acids is 1. The summed E-state index contributed by atoms with van der Waals surface area (Å²) < 4.78 is 0. The summed E-state index contributed by atoms with van der Waals surface area (Å²) >= 11 is 7.57. The molecule has 2 rings (SSSR count). The van der Waals surface area contributed by atoms with Gasteiger partial charge < -0.3 is 10.4 Å². The Morgan fingerprint density at radius 3 is 2.95 bits per heavy atom. The molecule has 2 aromatic rings. The Balaban J connectivity index is 1.94. The van der Waals surface area contributed by atoms with Gasteiger partial charge in [-0.15, -0.1) is 11.3 Å². The van der Waals surface area contributed by atoms with E-state index in [9.17, 15) is 4.79 Å². The number of carboxylic acid groups (broad SMARTS) is 1. The van der Waals surface area contributed by atoms with Crippen LogP contribution in [-0.2, 0) is 6.42 Å². The van der Waals surface area contributed by atoms with Crippen molar-refractivity contribution < 1.29 is 9.90 Å². The van der Waals surface area contributed by atoms with Gasteiger partial charge in [-0.2, -0.15) is 0 Å². The number of pyridine rings is 1. The molecule has 0 spiro atoms. The fourth-order valence-electron chi connectivity index (χ4n) is 1.52. The van der Waals surface area contributed by atoms with Crippen LogP contribution in [0.5, 0.6) is 0 Å². The second-order valence-electron chi connectivity index (χ2n) is 3.89. The lowest BCUT2D eigenvalue weighted by molar-refractivity contribution is 0.0696. The van der Waals surface area contributed by atoms with Crippen molar-refractivity contribution >= 4 is 34.7 Å². The molecule has 0 amide bonds. The van der Waals surface area contributed by atoms with Crippen molar-refractivity contribution in [2.75, 3.05) is 11.9 Å². The number of halogens is 1. The van der Waals surface area contributed by atoms with E-state index in [1.165, 1.54) is 12.3 Å². The predicted octanol–water partition coefficient (Wildman–Crippen LogP) is 2.85. The fourth-order valence-corrected chi connectivity index (χ4v) is 2.40. The van der Waals surface area contributed by atoms with Crippen molar-refractivity contribution in [3.63, 3.8) is 0 Å². The highest BCUT2D eigenvalue weighted by Crippen LogP contribution is 2.20. The van der Waals surface area contributed by atoms with Gasteiger partial charge in [0.25, 0.3) is 0 Å². The smallest absolute Gasteiger partial charge is 0.337 e. The molecule has 0 atom stereocenters. The zero-order valence-corrected chi connectivity index (χ0v) is 11.8. The molecule has 2 heterocycles. The summed E-state index contributed by atoms with van der Waals surface area (Å²) in [6, 6.07) is 1.38. The monoisotopic (exact) mass is 297 g/mol. The number of hydrogen-bond acceptors (Lipinski definition) is 5. The Kier molecular flexibility index (Phi) is 4.34. The lowest BCUT2D eigenvalue weighted by atomic mass is 10.3. The van der Waals surface area contributed by atoms with E-state index in [0.29, 0.717) is 17.4 Å². The van der Waals surface area contributed by atoms with Crippen LogP contribution in [0.1, 0.15) is 21.1 Å². The first-order valence-corrected chi connectivity index (χ1v) is 6.85. The number of aromatic carboxylic acids is 1. The van der Waals surface area contributed by atoms with Crippen LogP contribution < -0.4 is 5.32 Å². The minimum atomic E-state index is -1.04. The second kappa shape index (κ2) is 5.99. The van der Waals surface area contributed by atoms with Gasteiger partial charge in [0.2, 0.25) is 0 Å². The average Bonchev–Trinajstić information content (AvgIpc) is 2.77. The van der Waals surface area contributed by atoms with Gasteiger partial charge in [0.15, 0.2) is 0 Å². The first kappa shape index (κ1) is 13.8. The van der Waals surface area contributed by atoms with Gasteiger partial charge in [-0.1, -0.05) is 11.6 Å². The second-order valence-corrected chi connectivity index (χ2v) is 5.36. The highest BCUT2D eigenvalue weighted by Gasteiger charge is 2.08. The molecule has 100 valence electrons. The molecule has 0 radical (unpaired) electrons. The molecule has 19 heavy (non-hydrogen) atoms. The molecular formula is C12H12ClN3O2S. The highest BCUT2D eigenvalue weighted by atomic mass is 35.5. The van der Waals surface area contributed by atoms with Crippen molar-refractivity contribution in [1.82, 2.24) is 9.97 Å². The van der Waals surface area contributed by atoms with Crippen LogP contribution in [0.4, 0.5) is 5.82 Å². The maximum absolute atomic E-state index is 10.7. The van der Waals surface area contributed by atoms with Crippen molar-refractivity contribution in [3.05, 3.63) is 38.9 Å². The van der Waals surface area contributed by atoms with E-state index in [-0.39, 0.29) is 5.56 Å². The summed E-state index contributed by atoms with van der Waals surface area (Å²) in [6.07, 6.45) is 2.05. The lowest BCUT2D eigenvalue weighted by Crippen LogP contribution is -2.08. The third-order valence-electron chi connectivity index (χ3n) is 2.43. The Labute approximate surface area is 119 Å². The molecular weight excluding hydrogens is 286 g/mol. The Hall–Kier alpha value is -1.66. The summed E-state index contributed by atoms with van der Waals surface area (Å²) in [5.74, 6) is -0.558. The molecule has 0 aliphatic rings. The Morgan fingerprint density at radius 1 is 1.58 bits per heavy atom. The number of thiazole rings is 1. The van der Waals surface area contributed by atoms with Gasteiger partial charge in [-0.3, -0.25) is 0 Å². The van der Waals surface area contributed by atoms with E-state index in [4.69, 9.17) is 16.7 Å². The van der Waals surface area contributed by atoms with Crippen molar-refractivity contribution in [3.8, 4) is 0 Å². The molecule has 0 aliphatic heterocycles. The molecule has 7 heteroatoms. The zero-order valence-electron chi connectivity index (χ0n) is 10.2. The van der Waals surface area contributed by atoms with E-state index in [1.54, 1.807) is 11.3 Å². The van der Waals surface area contributed by atoms with Gasteiger partial charge in [0, 0.05) is 24.5 Å². The number of aryl methyl sites for hydroxylation is 1. The third kappa shape index (κ3) is 3.65. The van der Waals surface area contributed by atoms with Crippen molar-refractivity contribution in [2.45, 2.75) is 13.3 Å². The number of nitrogens with zero attached hydrogens (tertiary/aromatic N) is 2. The zero-order chi connectivity index (χ0) is 13.8. The summed E-state index contributed by atoms with van der Waals surface area (Å²) in [5.41, 5.74) is 1.10. The molecule has 0 saturated heterocycles. The average molecular weight is 298 g/mol. The van der Waals surface area contributed by atoms with Crippen molar-refractivity contribution in [1.29, 1.82) is 0 Å². The quantitative estimate of drug-likeness (QED) is 0.887. The topological polar surface area (TPSA) is 75.1 Å². The first-order chi connectivity index (χ1) is 9.06. The van der Waals surface area contributed by atoms with Crippen LogP contribution in [0.2, 0.25) is 5.02 Å². The lowest BCUT2D eigenvalue weighted by Gasteiger charge is -2.06. The highest BCUT2D eigenvalue weighted by molar-refractivity contribution is 7.09. The molecule has 0 aliphatic carbocycles. The third-order valence-corrected chi connectivity index (χ3v) is 3.54. The van der Waals surface area contributed by atoms with Gasteiger partial charge in [-0.25, -0.2) is 14.8 Å². The minimum absolute atomic E-state index is 0.0747. The van der Waals surface area contributed by atoms with Gasteiger partial charge >= 0.3 is 5.97 Å². The normalized spacial score (nSPS) is 10.4. The van der Waals surface area contributed by atoms with Crippen LogP contribution >= 0.6 is 22.9 Å². The van der Waals surface area contributed by atoms with Crippen LogP contribution in [0.25, 0.3) is 0 Å². The predicted molar refractivity (Wildman–Crippen MR) is 75.3 cm³/mol. The first-order valence-electron chi connectivity index (χ1n) is 5.60. The van der Waals surface area contributed by atoms with Crippen LogP contribution in [0.15, 0.2) is 17.6 Å². The molecule has 0 bridgehead atoms. The maximum atomic E-state index is 10.7.